The van der Waals surface area contributed by atoms with E-state index >= 15 is 0 Å². The highest BCUT2D eigenvalue weighted by atomic mass is 16.5. The molecule has 2 aromatic rings. The van der Waals surface area contributed by atoms with Crippen molar-refractivity contribution < 1.29 is 24.2 Å². The molecule has 1 atom stereocenters. The van der Waals surface area contributed by atoms with Crippen molar-refractivity contribution in [3.05, 3.63) is 47.0 Å². The highest BCUT2D eigenvalue weighted by Gasteiger charge is 2.34. The summed E-state index contributed by atoms with van der Waals surface area (Å²) in [5.74, 6) is 0.265. The largest absolute Gasteiger partial charge is 0.493 e. The van der Waals surface area contributed by atoms with Crippen molar-refractivity contribution in [2.45, 2.75) is 25.8 Å². The molecule has 8 nitrogen and oxygen atoms in total. The fraction of sp³-hybridized carbons (Fsp3) is 0.368. The van der Waals surface area contributed by atoms with E-state index in [1.807, 2.05) is 6.07 Å². The van der Waals surface area contributed by atoms with E-state index in [0.29, 0.717) is 30.3 Å². The van der Waals surface area contributed by atoms with Crippen LogP contribution in [0.5, 0.6) is 11.5 Å². The molecule has 8 heteroatoms. The van der Waals surface area contributed by atoms with Crippen molar-refractivity contribution in [1.82, 2.24) is 14.9 Å². The molecule has 0 bridgehead atoms. The molecular weight excluding hydrogens is 350 g/mol. The van der Waals surface area contributed by atoms with Gasteiger partial charge in [-0.25, -0.2) is 9.97 Å². The molecule has 0 saturated heterocycles. The standard InChI is InChI=1S/C19H21N3O5/c1-11-20-6-4-14(21-11)19(25)22-7-5-12-8-16(26-2)17(27-3)9-13(12)15(22)10-18(23)24/h4,6,8-9,15H,5,7,10H2,1-3H3,(H,23,24)/t15-/m0/s1. The van der Waals surface area contributed by atoms with Gasteiger partial charge in [-0.05, 0) is 42.7 Å². The molecule has 1 aromatic heterocycles. The normalized spacial score (nSPS) is 15.8. The second-order valence-electron chi connectivity index (χ2n) is 6.26. The molecule has 1 N–H and O–H groups in total. The first-order valence-electron chi connectivity index (χ1n) is 8.51. The van der Waals surface area contributed by atoms with Crippen molar-refractivity contribution >= 4 is 11.9 Å². The van der Waals surface area contributed by atoms with Crippen LogP contribution in [0.25, 0.3) is 0 Å². The number of methoxy groups -OCH3 is 2. The van der Waals surface area contributed by atoms with Gasteiger partial charge in [0, 0.05) is 12.7 Å². The van der Waals surface area contributed by atoms with Crippen LogP contribution >= 0.6 is 0 Å². The van der Waals surface area contributed by atoms with E-state index in [0.717, 1.165) is 11.1 Å². The molecule has 0 saturated carbocycles. The number of nitrogens with zero attached hydrogens (tertiary/aromatic N) is 3. The number of fused-ring (bicyclic) bond motifs is 1. The Hall–Kier alpha value is -3.16. The maximum absolute atomic E-state index is 13.0. The molecule has 0 fully saturated rings. The lowest BCUT2D eigenvalue weighted by molar-refractivity contribution is -0.138. The Bertz CT molecular complexity index is 884. The van der Waals surface area contributed by atoms with Crippen LogP contribution in [-0.2, 0) is 11.2 Å². The zero-order valence-corrected chi connectivity index (χ0v) is 15.4. The summed E-state index contributed by atoms with van der Waals surface area (Å²) in [5, 5.41) is 9.41. The molecular formula is C19H21N3O5. The third-order valence-corrected chi connectivity index (χ3v) is 4.63. The fourth-order valence-electron chi connectivity index (χ4n) is 3.38. The van der Waals surface area contributed by atoms with Crippen LogP contribution in [0.2, 0.25) is 0 Å². The summed E-state index contributed by atoms with van der Waals surface area (Å²) in [6.07, 6.45) is 1.90. The number of carboxylic acid groups (broad SMARTS) is 1. The number of carbonyl (C=O) groups excluding carboxylic acids is 1. The van der Waals surface area contributed by atoms with Gasteiger partial charge in [0.05, 0.1) is 26.7 Å². The molecule has 2 heterocycles. The van der Waals surface area contributed by atoms with Gasteiger partial charge in [-0.3, -0.25) is 9.59 Å². The summed E-state index contributed by atoms with van der Waals surface area (Å²) in [7, 11) is 3.07. The van der Waals surface area contributed by atoms with Gasteiger partial charge in [-0.1, -0.05) is 0 Å². The van der Waals surface area contributed by atoms with Gasteiger partial charge in [0.15, 0.2) is 11.5 Å². The van der Waals surface area contributed by atoms with Crippen molar-refractivity contribution in [3.63, 3.8) is 0 Å². The second kappa shape index (κ2) is 7.61. The van der Waals surface area contributed by atoms with E-state index in [9.17, 15) is 14.7 Å². The SMILES string of the molecule is COc1cc2c(cc1OC)[C@H](CC(=O)O)N(C(=O)c1ccnc(C)n1)CC2. The first-order chi connectivity index (χ1) is 12.9. The van der Waals surface area contributed by atoms with Crippen molar-refractivity contribution in [1.29, 1.82) is 0 Å². The van der Waals surface area contributed by atoms with E-state index in [1.165, 1.54) is 19.4 Å². The first kappa shape index (κ1) is 18.6. The van der Waals surface area contributed by atoms with E-state index in [2.05, 4.69) is 9.97 Å². The van der Waals surface area contributed by atoms with Crippen LogP contribution in [0.15, 0.2) is 24.4 Å². The quantitative estimate of drug-likeness (QED) is 0.858. The number of rotatable bonds is 5. The molecule has 1 amide bonds. The Balaban J connectivity index is 2.04. The van der Waals surface area contributed by atoms with E-state index in [4.69, 9.17) is 9.47 Å². The molecule has 142 valence electrons. The molecule has 0 aliphatic carbocycles. The number of hydrogen-bond acceptors (Lipinski definition) is 6. The van der Waals surface area contributed by atoms with Crippen molar-refractivity contribution in [3.8, 4) is 11.5 Å². The minimum atomic E-state index is -0.987. The molecule has 0 unspecified atom stereocenters. The molecule has 0 spiro atoms. The lowest BCUT2D eigenvalue weighted by Gasteiger charge is -2.37. The molecule has 1 aliphatic heterocycles. The van der Waals surface area contributed by atoms with Crippen LogP contribution in [0.1, 0.15) is 39.9 Å². The lowest BCUT2D eigenvalue weighted by Crippen LogP contribution is -2.41. The number of aromatic nitrogens is 2. The van der Waals surface area contributed by atoms with Crippen molar-refractivity contribution in [2.24, 2.45) is 0 Å². The van der Waals surface area contributed by atoms with E-state index in [-0.39, 0.29) is 18.0 Å². The zero-order chi connectivity index (χ0) is 19.6. The predicted molar refractivity (Wildman–Crippen MR) is 96.0 cm³/mol. The Morgan fingerprint density at radius 2 is 1.96 bits per heavy atom. The van der Waals surface area contributed by atoms with Gasteiger partial charge in [0.2, 0.25) is 0 Å². The molecule has 27 heavy (non-hydrogen) atoms. The summed E-state index contributed by atoms with van der Waals surface area (Å²) >= 11 is 0. The van der Waals surface area contributed by atoms with Gasteiger partial charge in [0.1, 0.15) is 11.5 Å². The minimum absolute atomic E-state index is 0.210. The molecule has 1 aromatic carbocycles. The summed E-state index contributed by atoms with van der Waals surface area (Å²) in [5.41, 5.74) is 1.95. The van der Waals surface area contributed by atoms with Crippen molar-refractivity contribution in [2.75, 3.05) is 20.8 Å². The minimum Gasteiger partial charge on any atom is -0.493 e. The maximum atomic E-state index is 13.0. The van der Waals surface area contributed by atoms with Crippen LogP contribution in [0.4, 0.5) is 0 Å². The first-order valence-corrected chi connectivity index (χ1v) is 8.51. The Morgan fingerprint density at radius 1 is 1.26 bits per heavy atom. The Kier molecular flexibility index (Phi) is 5.25. The summed E-state index contributed by atoms with van der Waals surface area (Å²) in [4.78, 5) is 34.3. The topological polar surface area (TPSA) is 102 Å². The van der Waals surface area contributed by atoms with Gasteiger partial charge >= 0.3 is 5.97 Å². The van der Waals surface area contributed by atoms with Gasteiger partial charge in [-0.15, -0.1) is 0 Å². The number of ether oxygens (including phenoxy) is 2. The molecule has 1 aliphatic rings. The summed E-state index contributed by atoms with van der Waals surface area (Å²) in [6.45, 7) is 2.09. The number of carbonyl (C=O) groups is 2. The second-order valence-corrected chi connectivity index (χ2v) is 6.26. The highest BCUT2D eigenvalue weighted by Crippen LogP contribution is 2.39. The molecule has 0 radical (unpaired) electrons. The third-order valence-electron chi connectivity index (χ3n) is 4.63. The number of carboxylic acids is 1. The van der Waals surface area contributed by atoms with E-state index < -0.39 is 12.0 Å². The average Bonchev–Trinajstić information content (AvgIpc) is 2.66. The Labute approximate surface area is 156 Å². The average molecular weight is 371 g/mol. The van der Waals surface area contributed by atoms with Gasteiger partial charge < -0.3 is 19.5 Å². The summed E-state index contributed by atoms with van der Waals surface area (Å²) < 4.78 is 10.7. The highest BCUT2D eigenvalue weighted by molar-refractivity contribution is 5.93. The zero-order valence-electron chi connectivity index (χ0n) is 15.4. The predicted octanol–water partition coefficient (Wildman–Crippen LogP) is 2.02. The Morgan fingerprint density at radius 3 is 2.59 bits per heavy atom. The van der Waals surface area contributed by atoms with E-state index in [1.54, 1.807) is 25.0 Å². The number of amides is 1. The van der Waals surface area contributed by atoms with Crippen LogP contribution in [0, 0.1) is 6.92 Å². The van der Waals surface area contributed by atoms with Crippen LogP contribution in [0.3, 0.4) is 0 Å². The number of benzene rings is 1. The monoisotopic (exact) mass is 371 g/mol. The number of aliphatic carboxylic acids is 1. The van der Waals surface area contributed by atoms with Gasteiger partial charge in [-0.2, -0.15) is 0 Å². The summed E-state index contributed by atoms with van der Waals surface area (Å²) in [6, 6.07) is 4.53. The molecule has 3 rings (SSSR count). The lowest BCUT2D eigenvalue weighted by atomic mass is 9.89. The van der Waals surface area contributed by atoms with Gasteiger partial charge in [0.25, 0.3) is 5.91 Å². The number of hydrogen-bond donors (Lipinski definition) is 1. The van der Waals surface area contributed by atoms with Crippen LogP contribution in [-0.4, -0.2) is 52.6 Å². The fourth-order valence-corrected chi connectivity index (χ4v) is 3.38. The smallest absolute Gasteiger partial charge is 0.305 e. The maximum Gasteiger partial charge on any atom is 0.305 e. The third kappa shape index (κ3) is 3.69. The van der Waals surface area contributed by atoms with Crippen LogP contribution < -0.4 is 9.47 Å². The number of aryl methyl sites for hydroxylation is 1.